The lowest BCUT2D eigenvalue weighted by molar-refractivity contribution is -0.131. The summed E-state index contributed by atoms with van der Waals surface area (Å²) in [6.45, 7) is 13.9. The number of nitriles is 2. The molecule has 19 nitrogen and oxygen atoms in total. The van der Waals surface area contributed by atoms with Crippen LogP contribution in [0.1, 0.15) is 114 Å². The van der Waals surface area contributed by atoms with Crippen molar-refractivity contribution in [2.75, 3.05) is 59.0 Å². The zero-order chi connectivity index (χ0) is 57.1. The van der Waals surface area contributed by atoms with E-state index in [-0.39, 0.29) is 60.7 Å². The summed E-state index contributed by atoms with van der Waals surface area (Å²) in [5, 5.41) is 27.9. The highest BCUT2D eigenvalue weighted by Crippen LogP contribution is 2.31. The summed E-state index contributed by atoms with van der Waals surface area (Å²) in [5.41, 5.74) is -0.0669. The molecule has 77 heavy (non-hydrogen) atoms. The fourth-order valence-electron chi connectivity index (χ4n) is 8.46. The van der Waals surface area contributed by atoms with Gasteiger partial charge in [0.25, 0.3) is 17.7 Å². The van der Waals surface area contributed by atoms with Crippen LogP contribution in [0, 0.1) is 35.0 Å². The van der Waals surface area contributed by atoms with Crippen molar-refractivity contribution in [1.82, 2.24) is 41.0 Å². The number of aldehydes is 1. The first kappa shape index (κ1) is 63.4. The van der Waals surface area contributed by atoms with Gasteiger partial charge in [-0.2, -0.15) is 5.26 Å². The van der Waals surface area contributed by atoms with Crippen LogP contribution in [0.15, 0.2) is 60.9 Å². The first-order valence-electron chi connectivity index (χ1n) is 25.7. The Kier molecular flexibility index (Phi) is 26.3. The molecular formula is C55H71F3N10O9. The average molecular weight is 1070 g/mol. The van der Waals surface area contributed by atoms with Crippen LogP contribution < -0.4 is 30.7 Å². The number of nitrogens with zero attached hydrogens (tertiary/aromatic N) is 6. The summed E-state index contributed by atoms with van der Waals surface area (Å²) >= 11 is 0. The molecule has 0 aliphatic carbocycles. The van der Waals surface area contributed by atoms with E-state index in [1.165, 1.54) is 38.4 Å². The minimum absolute atomic E-state index is 0.00974. The maximum Gasteiger partial charge on any atom is 0.267 e. The van der Waals surface area contributed by atoms with Crippen LogP contribution in [0.5, 0.6) is 11.5 Å². The number of likely N-dealkylation sites (tertiary alicyclic amines) is 2. The molecule has 22 heteroatoms. The lowest BCUT2D eigenvalue weighted by Crippen LogP contribution is -2.43. The largest absolute Gasteiger partial charge is 0.494 e. The van der Waals surface area contributed by atoms with Crippen molar-refractivity contribution in [3.8, 4) is 24.1 Å². The Labute approximate surface area is 447 Å². The van der Waals surface area contributed by atoms with Crippen LogP contribution in [-0.4, -0.2) is 138 Å². The van der Waals surface area contributed by atoms with Gasteiger partial charge < -0.3 is 45.3 Å². The van der Waals surface area contributed by atoms with E-state index < -0.39 is 67.3 Å². The van der Waals surface area contributed by atoms with Gasteiger partial charge in [0.05, 0.1) is 67.6 Å². The smallest absolute Gasteiger partial charge is 0.267 e. The molecule has 3 atom stereocenters. The first-order chi connectivity index (χ1) is 36.8. The van der Waals surface area contributed by atoms with Crippen LogP contribution >= 0.6 is 0 Å². The number of carbonyl (C=O) groups excluding carboxylic acids is 7. The van der Waals surface area contributed by atoms with E-state index in [4.69, 9.17) is 19.5 Å². The molecule has 2 aromatic carbocycles. The molecule has 3 unspecified atom stereocenters. The fourth-order valence-corrected chi connectivity index (χ4v) is 8.46. The topological polar surface area (TPSA) is 266 Å². The molecule has 0 spiro atoms. The van der Waals surface area contributed by atoms with Crippen LogP contribution in [0.3, 0.4) is 0 Å². The molecule has 416 valence electrons. The third-order valence-corrected chi connectivity index (χ3v) is 12.3. The number of aromatic nitrogens is 2. The van der Waals surface area contributed by atoms with E-state index in [9.17, 15) is 47.2 Å². The zero-order valence-electron chi connectivity index (χ0n) is 44.7. The number of ether oxygens (including phenoxy) is 2. The van der Waals surface area contributed by atoms with Crippen molar-refractivity contribution in [2.24, 2.45) is 11.8 Å². The summed E-state index contributed by atoms with van der Waals surface area (Å²) < 4.78 is 53.4. The number of alkyl halides is 3. The van der Waals surface area contributed by atoms with Gasteiger partial charge in [0.15, 0.2) is 0 Å². The molecule has 6 rings (SSSR count). The number of pyridine rings is 2. The Balaban J connectivity index is 0.00000213. The van der Waals surface area contributed by atoms with Crippen molar-refractivity contribution >= 4 is 63.5 Å². The van der Waals surface area contributed by atoms with Gasteiger partial charge in [0.1, 0.15) is 29.5 Å². The predicted octanol–water partition coefficient (Wildman–Crippen LogP) is 6.64. The monoisotopic (exact) mass is 1070 g/mol. The van der Waals surface area contributed by atoms with Crippen LogP contribution in [0.4, 0.5) is 13.2 Å². The van der Waals surface area contributed by atoms with E-state index in [0.717, 1.165) is 16.1 Å². The zero-order valence-corrected chi connectivity index (χ0v) is 44.7. The van der Waals surface area contributed by atoms with E-state index in [1.807, 2.05) is 33.8 Å². The fraction of sp³-hybridized carbons (Fsp3) is 0.509. The highest BCUT2D eigenvalue weighted by Gasteiger charge is 2.43. The Morgan fingerprint density at radius 2 is 1.30 bits per heavy atom. The van der Waals surface area contributed by atoms with Gasteiger partial charge in [-0.15, -0.1) is 0 Å². The number of hydrogen-bond donors (Lipinski definition) is 4. The molecule has 2 aromatic heterocycles. The van der Waals surface area contributed by atoms with E-state index >= 15 is 0 Å². The number of rotatable bonds is 23. The normalized spacial score (nSPS) is 16.4. The highest BCUT2D eigenvalue weighted by atomic mass is 19.3. The van der Waals surface area contributed by atoms with Gasteiger partial charge in [0, 0.05) is 74.6 Å². The van der Waals surface area contributed by atoms with E-state index in [0.29, 0.717) is 91.7 Å². The quantitative estimate of drug-likeness (QED) is 0.0449. The van der Waals surface area contributed by atoms with Crippen molar-refractivity contribution in [3.63, 3.8) is 0 Å². The van der Waals surface area contributed by atoms with Crippen molar-refractivity contribution in [2.45, 2.75) is 111 Å². The summed E-state index contributed by atoms with van der Waals surface area (Å²) in [7, 11) is 0. The van der Waals surface area contributed by atoms with Gasteiger partial charge in [0.2, 0.25) is 23.6 Å². The van der Waals surface area contributed by atoms with Gasteiger partial charge in [-0.25, -0.2) is 18.4 Å². The minimum Gasteiger partial charge on any atom is -0.494 e. The standard InChI is InChI=1S/C50H60F3N9O8.C2H4O.C2H6.CHN/c1-32(2)36(10-13-43(63)57-17-4-6-22-69-34-8-11-41-39(24-34)37(14-19-55-41)47(67)59-28-44(64)61-21-16-50(52,53)31-61)46(66)58-18-5-7-23-70-35-9-12-42-40(25-35)38(15-20-56-42)48(68)60-29-45(65)62-30-49(3,51)26-33(62)27-54;1-2-3;2*1-2/h8-9,11-12,14-15,19-20,24-25,32-33,36H,4-7,10,13,16-18,21-23,26,28-31H2,1-3H3,(H,57,63)(H,58,66)(H,59,67)(H,60,68);2H,1H3;1-2H3;1H. The molecule has 2 saturated heterocycles. The molecule has 2 aliphatic heterocycles. The average Bonchev–Trinajstić information content (AvgIpc) is 3.96. The van der Waals surface area contributed by atoms with Crippen molar-refractivity contribution in [1.29, 1.82) is 10.5 Å². The Bertz CT molecular complexity index is 2700. The molecule has 4 aromatic rings. The molecule has 4 N–H and O–H groups in total. The first-order valence-corrected chi connectivity index (χ1v) is 25.7. The van der Waals surface area contributed by atoms with Crippen LogP contribution in [0.25, 0.3) is 21.8 Å². The second-order valence-electron chi connectivity index (χ2n) is 18.5. The minimum atomic E-state index is -2.92. The SMILES string of the molecule is C#N.CC.CC(C)C(CCC(=O)NCCCCOc1ccc2nccc(C(=O)NCC(=O)N3CCC(F)(F)C3)c2c1)C(=O)NCCCCOc1ccc2nccc(C(=O)NCC(=O)N3CC(C)(F)CC3C#N)c2c1.CC=O. The Morgan fingerprint density at radius 1 is 0.792 bits per heavy atom. The van der Waals surface area contributed by atoms with Gasteiger partial charge >= 0.3 is 0 Å². The molecule has 4 heterocycles. The maximum absolute atomic E-state index is 14.5. The number of benzene rings is 2. The van der Waals surface area contributed by atoms with Gasteiger partial charge in [-0.1, -0.05) is 27.7 Å². The number of carbonyl (C=O) groups is 7. The lowest BCUT2D eigenvalue weighted by atomic mass is 9.90. The van der Waals surface area contributed by atoms with Gasteiger partial charge in [-0.3, -0.25) is 38.7 Å². The summed E-state index contributed by atoms with van der Waals surface area (Å²) in [5.74, 6) is -4.75. The summed E-state index contributed by atoms with van der Waals surface area (Å²) in [6, 6.07) is 14.3. The van der Waals surface area contributed by atoms with E-state index in [2.05, 4.69) is 37.8 Å². The molecule has 2 fully saturated rings. The third-order valence-electron chi connectivity index (χ3n) is 12.3. The molecule has 6 amide bonds. The number of halogens is 3. The summed E-state index contributed by atoms with van der Waals surface area (Å²) in [4.78, 5) is 96.8. The molecular weight excluding hydrogens is 1000 g/mol. The molecule has 0 bridgehead atoms. The van der Waals surface area contributed by atoms with Crippen LogP contribution in [-0.2, 0) is 24.0 Å². The maximum atomic E-state index is 14.5. The second kappa shape index (κ2) is 31.9. The number of fused-ring (bicyclic) bond motifs is 2. The second-order valence-corrected chi connectivity index (χ2v) is 18.5. The molecule has 2 aliphatic rings. The summed E-state index contributed by atoms with van der Waals surface area (Å²) in [6.07, 6.45) is 6.31. The number of amides is 6. The Hall–Kier alpha value is -7.88. The molecule has 0 saturated carbocycles. The predicted molar refractivity (Wildman–Crippen MR) is 282 cm³/mol. The van der Waals surface area contributed by atoms with E-state index in [1.54, 1.807) is 36.4 Å². The van der Waals surface area contributed by atoms with Crippen molar-refractivity contribution < 1.29 is 56.2 Å². The number of unbranched alkanes of at least 4 members (excludes halogenated alkanes) is 2. The number of hydrogen-bond acceptors (Lipinski definition) is 13. The van der Waals surface area contributed by atoms with Crippen molar-refractivity contribution in [3.05, 3.63) is 72.1 Å². The number of nitrogens with one attached hydrogen (secondary N) is 4. The third kappa shape index (κ3) is 20.0. The molecule has 0 radical (unpaired) electrons. The lowest BCUT2D eigenvalue weighted by Gasteiger charge is -2.20. The van der Waals surface area contributed by atoms with Crippen LogP contribution in [0.2, 0.25) is 0 Å². The van der Waals surface area contributed by atoms with Gasteiger partial charge in [-0.05, 0) is 100 Å². The highest BCUT2D eigenvalue weighted by molar-refractivity contribution is 6.08. The Morgan fingerprint density at radius 3 is 1.78 bits per heavy atom.